The van der Waals surface area contributed by atoms with Crippen LogP contribution < -0.4 is 10.1 Å². The van der Waals surface area contributed by atoms with Crippen LogP contribution in [0.15, 0.2) is 83.8 Å². The van der Waals surface area contributed by atoms with Crippen molar-refractivity contribution in [2.75, 3.05) is 5.32 Å². The van der Waals surface area contributed by atoms with Crippen LogP contribution in [0.25, 0.3) is 10.8 Å². The lowest BCUT2D eigenvalue weighted by Gasteiger charge is -2.30. The molecule has 2 heteroatoms. The summed E-state index contributed by atoms with van der Waals surface area (Å²) in [6.07, 6.45) is 11.8. The van der Waals surface area contributed by atoms with E-state index < -0.39 is 0 Å². The normalized spacial score (nSPS) is 21.5. The Morgan fingerprint density at radius 3 is 2.82 bits per heavy atom. The van der Waals surface area contributed by atoms with Gasteiger partial charge in [0.15, 0.2) is 5.75 Å². The molecular weight excluding hydrogens is 270 g/mol. The van der Waals surface area contributed by atoms with Crippen LogP contribution in [0.1, 0.15) is 6.42 Å². The van der Waals surface area contributed by atoms with Crippen LogP contribution in [0, 0.1) is 5.92 Å². The van der Waals surface area contributed by atoms with Crippen molar-refractivity contribution in [1.29, 1.82) is 0 Å². The Bertz CT molecular complexity index is 914. The smallest absolute Gasteiger partial charge is 0.151 e. The minimum absolute atomic E-state index is 0.438. The second-order valence-corrected chi connectivity index (χ2v) is 5.96. The molecule has 0 aromatic heterocycles. The zero-order valence-corrected chi connectivity index (χ0v) is 12.0. The van der Waals surface area contributed by atoms with Gasteiger partial charge in [0.25, 0.3) is 0 Å². The molecule has 1 unspecified atom stereocenters. The number of allylic oxidation sites excluding steroid dienone is 7. The first-order valence-corrected chi connectivity index (χ1v) is 7.64. The van der Waals surface area contributed by atoms with E-state index in [1.165, 1.54) is 16.3 Å². The number of hydrogen-bond donors (Lipinski definition) is 1. The van der Waals surface area contributed by atoms with Crippen LogP contribution in [0.4, 0.5) is 5.69 Å². The summed E-state index contributed by atoms with van der Waals surface area (Å²) in [7, 11) is 0. The van der Waals surface area contributed by atoms with Gasteiger partial charge in [-0.2, -0.15) is 0 Å². The van der Waals surface area contributed by atoms with E-state index in [9.17, 15) is 0 Å². The summed E-state index contributed by atoms with van der Waals surface area (Å²) in [5.74, 6) is 2.40. The molecule has 2 aliphatic carbocycles. The molecule has 1 aliphatic heterocycles. The zero-order valence-electron chi connectivity index (χ0n) is 12.0. The Morgan fingerprint density at radius 1 is 1.05 bits per heavy atom. The molecule has 1 N–H and O–H groups in total. The highest BCUT2D eigenvalue weighted by Gasteiger charge is 2.27. The summed E-state index contributed by atoms with van der Waals surface area (Å²) in [5, 5.41) is 5.98. The van der Waals surface area contributed by atoms with Gasteiger partial charge in [-0.3, -0.25) is 0 Å². The number of ether oxygens (including phenoxy) is 1. The number of anilines is 1. The van der Waals surface area contributed by atoms with Gasteiger partial charge in [0.1, 0.15) is 5.76 Å². The second-order valence-electron chi connectivity index (χ2n) is 5.96. The van der Waals surface area contributed by atoms with Gasteiger partial charge in [0.2, 0.25) is 0 Å². The SMILES string of the molecule is C1=CC2=CC3=C(CC2C=C1)Oc1cc2ccccc2cc1N3. The third-order valence-electron chi connectivity index (χ3n) is 4.54. The molecule has 2 nitrogen and oxygen atoms in total. The fourth-order valence-electron chi connectivity index (χ4n) is 3.38. The van der Waals surface area contributed by atoms with Crippen molar-refractivity contribution >= 4 is 16.5 Å². The first-order valence-electron chi connectivity index (χ1n) is 7.64. The van der Waals surface area contributed by atoms with Gasteiger partial charge in [-0.25, -0.2) is 0 Å². The van der Waals surface area contributed by atoms with E-state index in [4.69, 9.17) is 4.74 Å². The molecule has 106 valence electrons. The second kappa shape index (κ2) is 4.38. The predicted molar refractivity (Wildman–Crippen MR) is 89.7 cm³/mol. The predicted octanol–water partition coefficient (Wildman–Crippen LogP) is 4.93. The molecule has 0 bridgehead atoms. The van der Waals surface area contributed by atoms with Gasteiger partial charge in [-0.1, -0.05) is 48.6 Å². The summed E-state index contributed by atoms with van der Waals surface area (Å²) in [6.45, 7) is 0. The maximum atomic E-state index is 6.21. The van der Waals surface area contributed by atoms with Crippen LogP contribution >= 0.6 is 0 Å². The maximum absolute atomic E-state index is 6.21. The molecule has 0 amide bonds. The molecule has 2 aromatic carbocycles. The molecule has 1 heterocycles. The van der Waals surface area contributed by atoms with Crippen LogP contribution in [0.5, 0.6) is 5.75 Å². The van der Waals surface area contributed by atoms with Crippen molar-refractivity contribution in [3.63, 3.8) is 0 Å². The topological polar surface area (TPSA) is 21.3 Å². The molecule has 0 fully saturated rings. The molecule has 5 rings (SSSR count). The minimum Gasteiger partial charge on any atom is -0.457 e. The highest BCUT2D eigenvalue weighted by molar-refractivity contribution is 5.89. The van der Waals surface area contributed by atoms with Gasteiger partial charge in [0.05, 0.1) is 11.4 Å². The summed E-state index contributed by atoms with van der Waals surface area (Å²) >= 11 is 0. The lowest BCUT2D eigenvalue weighted by Crippen LogP contribution is -2.20. The number of nitrogens with one attached hydrogen (secondary N) is 1. The molecule has 22 heavy (non-hydrogen) atoms. The number of benzene rings is 2. The molecule has 0 spiro atoms. The first kappa shape index (κ1) is 11.9. The van der Waals surface area contributed by atoms with Crippen molar-refractivity contribution in [2.24, 2.45) is 5.92 Å². The van der Waals surface area contributed by atoms with E-state index in [0.29, 0.717) is 5.92 Å². The Balaban J connectivity index is 1.60. The lowest BCUT2D eigenvalue weighted by molar-refractivity contribution is 0.379. The van der Waals surface area contributed by atoms with Crippen molar-refractivity contribution < 1.29 is 4.74 Å². The largest absolute Gasteiger partial charge is 0.457 e. The maximum Gasteiger partial charge on any atom is 0.151 e. The van der Waals surface area contributed by atoms with Crippen molar-refractivity contribution in [2.45, 2.75) is 6.42 Å². The Hall–Kier alpha value is -2.74. The van der Waals surface area contributed by atoms with E-state index in [0.717, 1.165) is 29.3 Å². The fourth-order valence-corrected chi connectivity index (χ4v) is 3.38. The molecular formula is C20H15NO. The van der Waals surface area contributed by atoms with E-state index in [1.54, 1.807) is 0 Å². The molecule has 2 aromatic rings. The van der Waals surface area contributed by atoms with Gasteiger partial charge in [-0.15, -0.1) is 0 Å². The summed E-state index contributed by atoms with van der Waals surface area (Å²) < 4.78 is 6.21. The van der Waals surface area contributed by atoms with Gasteiger partial charge < -0.3 is 10.1 Å². The van der Waals surface area contributed by atoms with Crippen molar-refractivity contribution in [3.05, 3.63) is 83.8 Å². The minimum atomic E-state index is 0.438. The van der Waals surface area contributed by atoms with E-state index in [1.807, 2.05) is 0 Å². The first-order chi connectivity index (χ1) is 10.9. The standard InChI is InChI=1S/C20H15NO/c1-3-7-15-11-19-17(9-13(15)5-1)21-18-10-14-6-2-4-8-16(14)12-20(18)22-19/h1-11,16,21H,12H2. The Labute approximate surface area is 129 Å². The van der Waals surface area contributed by atoms with Crippen LogP contribution in [-0.4, -0.2) is 0 Å². The average molecular weight is 285 g/mol. The summed E-state index contributed by atoms with van der Waals surface area (Å²) in [4.78, 5) is 0. The molecule has 0 radical (unpaired) electrons. The molecule has 0 saturated carbocycles. The van der Waals surface area contributed by atoms with Gasteiger partial charge in [-0.05, 0) is 34.6 Å². The summed E-state index contributed by atoms with van der Waals surface area (Å²) in [5.41, 5.74) is 3.48. The van der Waals surface area contributed by atoms with Gasteiger partial charge >= 0.3 is 0 Å². The third kappa shape index (κ3) is 1.74. The Kier molecular flexibility index (Phi) is 2.36. The van der Waals surface area contributed by atoms with E-state index >= 15 is 0 Å². The monoisotopic (exact) mass is 285 g/mol. The van der Waals surface area contributed by atoms with Crippen molar-refractivity contribution in [3.8, 4) is 5.75 Å². The average Bonchev–Trinajstić information content (AvgIpc) is 2.56. The highest BCUT2D eigenvalue weighted by atomic mass is 16.5. The van der Waals surface area contributed by atoms with Crippen molar-refractivity contribution in [1.82, 2.24) is 0 Å². The third-order valence-corrected chi connectivity index (χ3v) is 4.54. The van der Waals surface area contributed by atoms with Crippen LogP contribution in [0.3, 0.4) is 0 Å². The van der Waals surface area contributed by atoms with E-state index in [-0.39, 0.29) is 0 Å². The zero-order chi connectivity index (χ0) is 14.5. The molecule has 1 atom stereocenters. The highest BCUT2D eigenvalue weighted by Crippen LogP contribution is 2.42. The fraction of sp³-hybridized carbons (Fsp3) is 0.100. The van der Waals surface area contributed by atoms with E-state index in [2.05, 4.69) is 72.1 Å². The molecule has 3 aliphatic rings. The van der Waals surface area contributed by atoms with Crippen LogP contribution in [-0.2, 0) is 0 Å². The number of rotatable bonds is 0. The lowest BCUT2D eigenvalue weighted by atomic mass is 9.86. The summed E-state index contributed by atoms with van der Waals surface area (Å²) in [6, 6.07) is 12.7. The quantitative estimate of drug-likeness (QED) is 0.741. The Morgan fingerprint density at radius 2 is 1.91 bits per heavy atom. The molecule has 0 saturated heterocycles. The number of fused-ring (bicyclic) bond motifs is 3. The van der Waals surface area contributed by atoms with Gasteiger partial charge in [0, 0.05) is 12.3 Å². The number of hydrogen-bond acceptors (Lipinski definition) is 2. The van der Waals surface area contributed by atoms with Crippen LogP contribution in [0.2, 0.25) is 0 Å².